The maximum Gasteiger partial charge on any atom is 0.246 e. The molecule has 0 aliphatic rings. The second kappa shape index (κ2) is 7.15. The topological polar surface area (TPSA) is 55.5 Å². The fraction of sp³-hybridized carbons (Fsp3) is 0.500. The number of aliphatic imine (C=N–C) groups is 1. The zero-order valence-corrected chi connectivity index (χ0v) is 6.62. The van der Waals surface area contributed by atoms with Gasteiger partial charge in [0.1, 0.15) is 0 Å². The lowest BCUT2D eigenvalue weighted by molar-refractivity contribution is -0.117. The Hall–Kier alpha value is -0.960. The Bertz CT molecular complexity index is 152. The molecule has 62 valence electrons. The molecule has 0 spiro atoms. The molecule has 0 saturated heterocycles. The summed E-state index contributed by atoms with van der Waals surface area (Å²) in [6, 6.07) is 0. The first-order chi connectivity index (χ1) is 5.31. The predicted octanol–water partition coefficient (Wildman–Crippen LogP) is 0.899. The van der Waals surface area contributed by atoms with E-state index in [4.69, 9.17) is 5.73 Å². The number of allylic oxidation sites excluding steroid dienone is 1. The van der Waals surface area contributed by atoms with E-state index in [9.17, 15) is 4.79 Å². The van der Waals surface area contributed by atoms with Crippen LogP contribution in [0.2, 0.25) is 0 Å². The molecule has 0 saturated carbocycles. The zero-order valence-electron chi connectivity index (χ0n) is 6.62. The molecule has 2 N–H and O–H groups in total. The van der Waals surface area contributed by atoms with Crippen molar-refractivity contribution in [2.75, 3.05) is 6.54 Å². The number of nitrogens with zero attached hydrogens (tertiary/aromatic N) is 1. The number of amides is 1. The summed E-state index contributed by atoms with van der Waals surface area (Å²) in [4.78, 5) is 14.4. The summed E-state index contributed by atoms with van der Waals surface area (Å²) < 4.78 is 0. The van der Waals surface area contributed by atoms with Crippen LogP contribution < -0.4 is 5.73 Å². The maximum absolute atomic E-state index is 10.7. The highest BCUT2D eigenvalue weighted by Crippen LogP contribution is 1.86. The number of hydrogen-bond acceptors (Lipinski definition) is 2. The van der Waals surface area contributed by atoms with Crippen molar-refractivity contribution in [3.05, 3.63) is 12.7 Å². The van der Waals surface area contributed by atoms with Gasteiger partial charge in [-0.05, 0) is 12.8 Å². The Kier molecular flexibility index (Phi) is 6.53. The smallest absolute Gasteiger partial charge is 0.246 e. The van der Waals surface area contributed by atoms with Crippen molar-refractivity contribution in [2.45, 2.75) is 19.3 Å². The molecule has 3 heteroatoms. The van der Waals surface area contributed by atoms with Crippen molar-refractivity contribution in [3.63, 3.8) is 0 Å². The van der Waals surface area contributed by atoms with E-state index in [1.165, 1.54) is 0 Å². The summed E-state index contributed by atoms with van der Waals surface area (Å²) in [5.74, 6) is -0.142. The molecule has 1 amide bonds. The summed E-state index contributed by atoms with van der Waals surface area (Å²) >= 11 is 0. The second-order valence-electron chi connectivity index (χ2n) is 2.11. The Morgan fingerprint density at radius 3 is 2.82 bits per heavy atom. The van der Waals surface area contributed by atoms with Gasteiger partial charge in [-0.15, -0.1) is 6.58 Å². The average molecular weight is 154 g/mol. The van der Waals surface area contributed by atoms with Gasteiger partial charge in [0.15, 0.2) is 0 Å². The molecule has 0 aromatic heterocycles. The Morgan fingerprint density at radius 2 is 2.27 bits per heavy atom. The van der Waals surface area contributed by atoms with Crippen molar-refractivity contribution in [1.29, 1.82) is 0 Å². The van der Waals surface area contributed by atoms with Crippen molar-refractivity contribution in [1.82, 2.24) is 0 Å². The van der Waals surface area contributed by atoms with Crippen molar-refractivity contribution >= 4 is 12.1 Å². The predicted molar refractivity (Wildman–Crippen MR) is 46.6 cm³/mol. The Morgan fingerprint density at radius 1 is 1.55 bits per heavy atom. The van der Waals surface area contributed by atoms with Gasteiger partial charge in [0.2, 0.25) is 5.91 Å². The normalized spacial score (nSPS) is 10.3. The molecular weight excluding hydrogens is 140 g/mol. The van der Waals surface area contributed by atoms with Crippen LogP contribution in [0.3, 0.4) is 0 Å². The lowest BCUT2D eigenvalue weighted by Gasteiger charge is -1.88. The van der Waals surface area contributed by atoms with Gasteiger partial charge in [-0.2, -0.15) is 0 Å². The van der Waals surface area contributed by atoms with E-state index in [1.807, 2.05) is 0 Å². The maximum atomic E-state index is 10.7. The Labute approximate surface area is 67.0 Å². The minimum Gasteiger partial charge on any atom is -0.330 e. The van der Waals surface area contributed by atoms with Crippen LogP contribution in [-0.2, 0) is 4.79 Å². The lowest BCUT2D eigenvalue weighted by atomic mass is 10.3. The number of hydrogen-bond donors (Lipinski definition) is 1. The first-order valence-electron chi connectivity index (χ1n) is 3.67. The van der Waals surface area contributed by atoms with Gasteiger partial charge in [0, 0.05) is 19.2 Å². The highest BCUT2D eigenvalue weighted by Gasteiger charge is 1.92. The molecule has 0 rings (SSSR count). The van der Waals surface area contributed by atoms with Crippen molar-refractivity contribution in [2.24, 2.45) is 10.7 Å². The highest BCUT2D eigenvalue weighted by molar-refractivity contribution is 5.84. The molecule has 0 unspecified atom stereocenters. The van der Waals surface area contributed by atoms with Crippen LogP contribution in [0.1, 0.15) is 19.3 Å². The fourth-order valence-electron chi connectivity index (χ4n) is 0.547. The first-order valence-corrected chi connectivity index (χ1v) is 3.67. The van der Waals surface area contributed by atoms with Crippen molar-refractivity contribution in [3.8, 4) is 0 Å². The molecule has 0 fully saturated rings. The lowest BCUT2D eigenvalue weighted by Crippen LogP contribution is -2.05. The monoisotopic (exact) mass is 154 g/mol. The molecule has 3 nitrogen and oxygen atoms in total. The molecule has 11 heavy (non-hydrogen) atoms. The molecule has 0 aliphatic carbocycles. The van der Waals surface area contributed by atoms with Gasteiger partial charge < -0.3 is 5.73 Å². The Balaban J connectivity index is 3.39. The summed E-state index contributed by atoms with van der Waals surface area (Å²) in [6.07, 6.45) is 5.38. The quantitative estimate of drug-likeness (QED) is 0.363. The van der Waals surface area contributed by atoms with E-state index in [1.54, 1.807) is 12.3 Å². The van der Waals surface area contributed by atoms with Crippen LogP contribution in [0.5, 0.6) is 0 Å². The minimum atomic E-state index is -0.142. The van der Waals surface area contributed by atoms with E-state index in [0.29, 0.717) is 13.0 Å². The minimum absolute atomic E-state index is 0.142. The third-order valence-electron chi connectivity index (χ3n) is 1.09. The van der Waals surface area contributed by atoms with Crippen LogP contribution >= 0.6 is 0 Å². The molecular formula is C8H14N2O. The molecule has 0 bridgehead atoms. The largest absolute Gasteiger partial charge is 0.330 e. The number of unbranched alkanes of at least 4 members (excludes halogenated alkanes) is 1. The summed E-state index contributed by atoms with van der Waals surface area (Å²) in [7, 11) is 0. The standard InChI is InChI=1S/C8H14N2O/c1-2-3-4-7-10-8(11)5-6-9/h2,7H,1,3-6,9H2. The van der Waals surface area contributed by atoms with Gasteiger partial charge in [-0.25, -0.2) is 4.99 Å². The zero-order chi connectivity index (χ0) is 8.53. The second-order valence-corrected chi connectivity index (χ2v) is 2.11. The van der Waals surface area contributed by atoms with Crippen LogP contribution in [-0.4, -0.2) is 18.7 Å². The molecule has 0 aliphatic heterocycles. The van der Waals surface area contributed by atoms with Gasteiger partial charge in [-0.1, -0.05) is 6.08 Å². The van der Waals surface area contributed by atoms with Gasteiger partial charge in [0.25, 0.3) is 0 Å². The van der Waals surface area contributed by atoms with E-state index >= 15 is 0 Å². The molecule has 0 aromatic rings. The fourth-order valence-corrected chi connectivity index (χ4v) is 0.547. The van der Waals surface area contributed by atoms with Gasteiger partial charge >= 0.3 is 0 Å². The number of nitrogens with two attached hydrogens (primary N) is 1. The van der Waals surface area contributed by atoms with E-state index in [-0.39, 0.29) is 5.91 Å². The van der Waals surface area contributed by atoms with Crippen molar-refractivity contribution < 1.29 is 4.79 Å². The molecule has 0 atom stereocenters. The van der Waals surface area contributed by atoms with Crippen LogP contribution in [0.4, 0.5) is 0 Å². The van der Waals surface area contributed by atoms with Gasteiger partial charge in [0.05, 0.1) is 0 Å². The van der Waals surface area contributed by atoms with Gasteiger partial charge in [-0.3, -0.25) is 4.79 Å². The van der Waals surface area contributed by atoms with Crippen LogP contribution in [0.25, 0.3) is 0 Å². The number of carbonyl (C=O) groups is 1. The molecule has 0 aromatic carbocycles. The first kappa shape index (κ1) is 10.0. The third-order valence-corrected chi connectivity index (χ3v) is 1.09. The molecule has 0 radical (unpaired) electrons. The summed E-state index contributed by atoms with van der Waals surface area (Å²) in [5.41, 5.74) is 5.15. The highest BCUT2D eigenvalue weighted by atomic mass is 16.1. The number of carbonyl (C=O) groups excluding carboxylic acids is 1. The third kappa shape index (κ3) is 6.93. The van der Waals surface area contributed by atoms with E-state index in [2.05, 4.69) is 11.6 Å². The number of rotatable bonds is 5. The van der Waals surface area contributed by atoms with Crippen LogP contribution in [0, 0.1) is 0 Å². The van der Waals surface area contributed by atoms with E-state index < -0.39 is 0 Å². The van der Waals surface area contributed by atoms with E-state index in [0.717, 1.165) is 12.8 Å². The summed E-state index contributed by atoms with van der Waals surface area (Å²) in [6.45, 7) is 3.92. The SMILES string of the molecule is C=CCCC=NC(=O)CCN. The summed E-state index contributed by atoms with van der Waals surface area (Å²) in [5, 5.41) is 0. The van der Waals surface area contributed by atoms with Crippen LogP contribution in [0.15, 0.2) is 17.6 Å². The molecule has 0 heterocycles. The average Bonchev–Trinajstić information content (AvgIpc) is 1.99.